The van der Waals surface area contributed by atoms with Gasteiger partial charge in [-0.1, -0.05) is 25.9 Å². The molecule has 2 aromatic rings. The molecule has 6 heteroatoms. The predicted molar refractivity (Wildman–Crippen MR) is 97.4 cm³/mol. The van der Waals surface area contributed by atoms with Crippen LogP contribution < -0.4 is 10.6 Å². The van der Waals surface area contributed by atoms with Crippen LogP contribution in [0.15, 0.2) is 28.8 Å². The van der Waals surface area contributed by atoms with Crippen molar-refractivity contribution < 1.29 is 9.32 Å². The maximum atomic E-state index is 12.1. The van der Waals surface area contributed by atoms with Crippen LogP contribution in [0.25, 0.3) is 11.5 Å². The van der Waals surface area contributed by atoms with Gasteiger partial charge >= 0.3 is 6.03 Å². The lowest BCUT2D eigenvalue weighted by atomic mass is 9.87. The van der Waals surface area contributed by atoms with E-state index < -0.39 is 0 Å². The monoisotopic (exact) mass is 342 g/mol. The first kappa shape index (κ1) is 17.5. The fourth-order valence-electron chi connectivity index (χ4n) is 3.04. The predicted octanol–water partition coefficient (Wildman–Crippen LogP) is 4.56. The van der Waals surface area contributed by atoms with Crippen molar-refractivity contribution in [2.24, 2.45) is 5.92 Å². The number of urea groups is 1. The minimum absolute atomic E-state index is 0.146. The zero-order chi connectivity index (χ0) is 17.8. The molecule has 0 bridgehead atoms. The van der Waals surface area contributed by atoms with E-state index in [9.17, 15) is 4.79 Å². The Morgan fingerprint density at radius 1 is 1.16 bits per heavy atom. The Kier molecular flexibility index (Phi) is 5.36. The summed E-state index contributed by atoms with van der Waals surface area (Å²) in [7, 11) is 0. The Bertz CT molecular complexity index is 700. The van der Waals surface area contributed by atoms with Gasteiger partial charge in [-0.25, -0.2) is 4.79 Å². The van der Waals surface area contributed by atoms with E-state index in [1.165, 1.54) is 12.8 Å². The van der Waals surface area contributed by atoms with Gasteiger partial charge in [0.05, 0.1) is 0 Å². The number of benzene rings is 1. The molecule has 1 aliphatic rings. The Balaban J connectivity index is 1.55. The van der Waals surface area contributed by atoms with E-state index in [2.05, 4.69) is 27.7 Å². The van der Waals surface area contributed by atoms with Gasteiger partial charge in [-0.05, 0) is 55.9 Å². The molecule has 0 radical (unpaired) electrons. The van der Waals surface area contributed by atoms with Gasteiger partial charge in [-0.2, -0.15) is 4.98 Å². The van der Waals surface area contributed by atoms with Crippen molar-refractivity contribution in [2.75, 3.05) is 5.32 Å². The van der Waals surface area contributed by atoms with E-state index in [0.717, 1.165) is 30.0 Å². The summed E-state index contributed by atoms with van der Waals surface area (Å²) < 4.78 is 5.28. The van der Waals surface area contributed by atoms with Crippen LogP contribution in [0.2, 0.25) is 0 Å². The van der Waals surface area contributed by atoms with Crippen molar-refractivity contribution in [1.82, 2.24) is 15.5 Å². The molecule has 1 fully saturated rings. The van der Waals surface area contributed by atoms with Crippen LogP contribution in [0, 0.1) is 5.92 Å². The summed E-state index contributed by atoms with van der Waals surface area (Å²) in [6.07, 6.45) is 4.48. The lowest BCUT2D eigenvalue weighted by molar-refractivity contribution is 0.239. The molecule has 1 saturated carbocycles. The topological polar surface area (TPSA) is 80.0 Å². The van der Waals surface area contributed by atoms with E-state index in [0.29, 0.717) is 11.7 Å². The maximum Gasteiger partial charge on any atom is 0.319 e. The molecule has 25 heavy (non-hydrogen) atoms. The second-order valence-electron chi connectivity index (χ2n) is 7.25. The molecule has 0 atom stereocenters. The first-order valence-electron chi connectivity index (χ1n) is 9.03. The molecule has 0 unspecified atom stereocenters. The van der Waals surface area contributed by atoms with Crippen molar-refractivity contribution in [3.63, 3.8) is 0 Å². The molecule has 0 saturated heterocycles. The number of anilines is 1. The highest BCUT2D eigenvalue weighted by Crippen LogP contribution is 2.24. The number of rotatable bonds is 4. The van der Waals surface area contributed by atoms with Gasteiger partial charge in [0.2, 0.25) is 0 Å². The number of nitrogens with one attached hydrogen (secondary N) is 2. The van der Waals surface area contributed by atoms with E-state index in [1.807, 2.05) is 38.1 Å². The third-order valence-electron chi connectivity index (χ3n) is 4.70. The average Bonchev–Trinajstić information content (AvgIpc) is 3.08. The lowest BCUT2D eigenvalue weighted by Gasteiger charge is -2.26. The first-order chi connectivity index (χ1) is 12.0. The number of hydrogen-bond acceptors (Lipinski definition) is 4. The SMILES string of the molecule is CC1CCC(NC(=O)Nc2ccc(-c3nc(C(C)C)no3)cc2)CC1. The number of aromatic nitrogens is 2. The van der Waals surface area contributed by atoms with Crippen molar-refractivity contribution in [1.29, 1.82) is 0 Å². The summed E-state index contributed by atoms with van der Waals surface area (Å²) in [4.78, 5) is 16.5. The third kappa shape index (κ3) is 4.59. The average molecular weight is 342 g/mol. The quantitative estimate of drug-likeness (QED) is 0.853. The second kappa shape index (κ2) is 7.68. The molecule has 1 heterocycles. The highest BCUT2D eigenvalue weighted by Gasteiger charge is 2.19. The van der Waals surface area contributed by atoms with Crippen LogP contribution in [-0.2, 0) is 0 Å². The smallest absolute Gasteiger partial charge is 0.319 e. The third-order valence-corrected chi connectivity index (χ3v) is 4.70. The van der Waals surface area contributed by atoms with Gasteiger partial charge < -0.3 is 15.2 Å². The fraction of sp³-hybridized carbons (Fsp3) is 0.526. The van der Waals surface area contributed by atoms with Gasteiger partial charge in [0, 0.05) is 23.2 Å². The number of hydrogen-bond donors (Lipinski definition) is 2. The standard InChI is InChI=1S/C19H26N4O2/c1-12(2)17-22-18(25-23-17)14-6-10-16(11-7-14)21-19(24)20-15-8-4-13(3)5-9-15/h6-7,10-13,15H,4-5,8-9H2,1-3H3,(H2,20,21,24). The van der Waals surface area contributed by atoms with E-state index in [4.69, 9.17) is 4.52 Å². The van der Waals surface area contributed by atoms with Crippen molar-refractivity contribution in [3.05, 3.63) is 30.1 Å². The number of nitrogens with zero attached hydrogens (tertiary/aromatic N) is 2. The lowest BCUT2D eigenvalue weighted by Crippen LogP contribution is -2.39. The molecule has 1 aromatic heterocycles. The zero-order valence-corrected chi connectivity index (χ0v) is 15.1. The van der Waals surface area contributed by atoms with Crippen LogP contribution in [0.1, 0.15) is 58.2 Å². The highest BCUT2D eigenvalue weighted by atomic mass is 16.5. The summed E-state index contributed by atoms with van der Waals surface area (Å²) in [5, 5.41) is 9.91. The molecule has 0 aliphatic heterocycles. The van der Waals surface area contributed by atoms with Gasteiger partial charge in [-0.15, -0.1) is 0 Å². The van der Waals surface area contributed by atoms with Crippen molar-refractivity contribution >= 4 is 11.7 Å². The molecule has 1 aliphatic carbocycles. The Morgan fingerprint density at radius 3 is 2.44 bits per heavy atom. The molecule has 2 amide bonds. The zero-order valence-electron chi connectivity index (χ0n) is 15.1. The summed E-state index contributed by atoms with van der Waals surface area (Å²) >= 11 is 0. The Hall–Kier alpha value is -2.37. The normalized spacial score (nSPS) is 20.5. The van der Waals surface area contributed by atoms with Gasteiger partial charge in [0.1, 0.15) is 0 Å². The largest absolute Gasteiger partial charge is 0.335 e. The molecular formula is C19H26N4O2. The minimum Gasteiger partial charge on any atom is -0.335 e. The molecule has 2 N–H and O–H groups in total. The Morgan fingerprint density at radius 2 is 1.84 bits per heavy atom. The van der Waals surface area contributed by atoms with E-state index >= 15 is 0 Å². The molecular weight excluding hydrogens is 316 g/mol. The Labute approximate surface area is 148 Å². The minimum atomic E-state index is -0.146. The van der Waals surface area contributed by atoms with Gasteiger partial charge in [0.15, 0.2) is 5.82 Å². The van der Waals surface area contributed by atoms with Crippen LogP contribution in [-0.4, -0.2) is 22.2 Å². The number of amides is 2. The number of carbonyl (C=O) groups excluding carboxylic acids is 1. The second-order valence-corrected chi connectivity index (χ2v) is 7.25. The van der Waals surface area contributed by atoms with Gasteiger partial charge in [-0.3, -0.25) is 0 Å². The van der Waals surface area contributed by atoms with E-state index in [1.54, 1.807) is 0 Å². The van der Waals surface area contributed by atoms with Crippen LogP contribution in [0.5, 0.6) is 0 Å². The molecule has 1 aromatic carbocycles. The number of carbonyl (C=O) groups is 1. The van der Waals surface area contributed by atoms with Crippen LogP contribution in [0.4, 0.5) is 10.5 Å². The molecule has 134 valence electrons. The highest BCUT2D eigenvalue weighted by molar-refractivity contribution is 5.89. The van der Waals surface area contributed by atoms with Gasteiger partial charge in [0.25, 0.3) is 5.89 Å². The molecule has 3 rings (SSSR count). The first-order valence-corrected chi connectivity index (χ1v) is 9.03. The fourth-order valence-corrected chi connectivity index (χ4v) is 3.04. The van der Waals surface area contributed by atoms with Crippen molar-refractivity contribution in [2.45, 2.75) is 58.4 Å². The summed E-state index contributed by atoms with van der Waals surface area (Å²) in [6.45, 7) is 6.31. The summed E-state index contributed by atoms with van der Waals surface area (Å²) in [5.41, 5.74) is 1.58. The van der Waals surface area contributed by atoms with Crippen LogP contribution in [0.3, 0.4) is 0 Å². The molecule has 0 spiro atoms. The maximum absolute atomic E-state index is 12.1. The van der Waals surface area contributed by atoms with Crippen molar-refractivity contribution in [3.8, 4) is 11.5 Å². The van der Waals surface area contributed by atoms with Crippen LogP contribution >= 0.6 is 0 Å². The molecule has 6 nitrogen and oxygen atoms in total. The summed E-state index contributed by atoms with van der Waals surface area (Å²) in [5.74, 6) is 2.19. The van der Waals surface area contributed by atoms with E-state index in [-0.39, 0.29) is 18.0 Å². The summed E-state index contributed by atoms with van der Waals surface area (Å²) in [6, 6.07) is 7.56.